The maximum absolute atomic E-state index is 12.0. The lowest BCUT2D eigenvalue weighted by atomic mass is 9.82. The van der Waals surface area contributed by atoms with Gasteiger partial charge in [-0.1, -0.05) is 33.4 Å². The molecule has 0 spiro atoms. The molecule has 3 N–H and O–H groups in total. The zero-order chi connectivity index (χ0) is 26.3. The second-order valence-electron chi connectivity index (χ2n) is 9.24. The van der Waals surface area contributed by atoms with Crippen LogP contribution in [0.1, 0.15) is 60.8 Å². The molecule has 0 aromatic rings. The van der Waals surface area contributed by atoms with Crippen LogP contribution < -0.4 is 10.6 Å². The number of carboxylic acid groups (broad SMARTS) is 1. The van der Waals surface area contributed by atoms with E-state index in [0.29, 0.717) is 19.5 Å². The van der Waals surface area contributed by atoms with Gasteiger partial charge in [0.25, 0.3) is 0 Å². The van der Waals surface area contributed by atoms with E-state index in [4.69, 9.17) is 19.3 Å². The quantitative estimate of drug-likeness (QED) is 0.181. The van der Waals surface area contributed by atoms with E-state index in [0.717, 1.165) is 18.9 Å². The highest BCUT2D eigenvalue weighted by Crippen LogP contribution is 2.26. The number of nitrogens with one attached hydrogen (secondary N) is 2. The highest BCUT2D eigenvalue weighted by molar-refractivity contribution is 5.85. The summed E-state index contributed by atoms with van der Waals surface area (Å²) in [6.45, 7) is 15.0. The van der Waals surface area contributed by atoms with Crippen molar-refractivity contribution in [3.63, 3.8) is 0 Å². The lowest BCUT2D eigenvalue weighted by molar-refractivity contribution is -0.140. The first-order chi connectivity index (χ1) is 15.8. The summed E-state index contributed by atoms with van der Waals surface area (Å²) in [5.74, 6) is -1.31. The Hall–Kier alpha value is -3.04. The molecule has 194 valence electrons. The van der Waals surface area contributed by atoms with Gasteiger partial charge in [-0.15, -0.1) is 0 Å². The number of aliphatic carboxylic acids is 1. The minimum Gasteiger partial charge on any atom is -0.478 e. The Morgan fingerprint density at radius 1 is 1.03 bits per heavy atom. The van der Waals surface area contributed by atoms with E-state index >= 15 is 0 Å². The first-order valence-electron chi connectivity index (χ1n) is 11.3. The standard InChI is InChI=1S/C24H40N2O8/c1-8-20(27)32-14-19(5)34-23(31)26-15-24(6,7)13-16(2)11-12-25-22(30)33-18(4)10-9-17(3)21(28)29/h8-9,16,18-19H,1,10-15H2,2-7H3,(H,25,30)(H,26,31)(H,28,29). The SMILES string of the molecule is C=CC(=O)OCC(C)OC(=O)NCC(C)(C)CC(C)CCNC(=O)OC(C)CC=C(C)C(=O)O. The molecule has 0 aliphatic carbocycles. The summed E-state index contributed by atoms with van der Waals surface area (Å²) in [6, 6.07) is 0. The number of hydrogen-bond donors (Lipinski definition) is 3. The largest absolute Gasteiger partial charge is 0.478 e. The summed E-state index contributed by atoms with van der Waals surface area (Å²) in [5, 5.41) is 14.3. The first-order valence-corrected chi connectivity index (χ1v) is 11.3. The number of alkyl carbamates (subject to hydrolysis) is 2. The van der Waals surface area contributed by atoms with Crippen LogP contribution in [0.25, 0.3) is 0 Å². The van der Waals surface area contributed by atoms with E-state index in [2.05, 4.69) is 24.1 Å². The molecule has 34 heavy (non-hydrogen) atoms. The summed E-state index contributed by atoms with van der Waals surface area (Å²) in [4.78, 5) is 45.7. The molecule has 10 heteroatoms. The normalized spacial score (nSPS) is 14.2. The molecular weight excluding hydrogens is 444 g/mol. The van der Waals surface area contributed by atoms with Crippen molar-refractivity contribution >= 4 is 24.1 Å². The summed E-state index contributed by atoms with van der Waals surface area (Å²) in [5.41, 5.74) is -0.000974. The third-order valence-corrected chi connectivity index (χ3v) is 4.86. The van der Waals surface area contributed by atoms with Gasteiger partial charge < -0.3 is 30.0 Å². The van der Waals surface area contributed by atoms with Crippen LogP contribution in [0.4, 0.5) is 9.59 Å². The van der Waals surface area contributed by atoms with E-state index in [1.54, 1.807) is 13.8 Å². The van der Waals surface area contributed by atoms with Crippen molar-refractivity contribution in [3.05, 3.63) is 24.3 Å². The second kappa shape index (κ2) is 15.7. The number of amides is 2. The number of hydrogen-bond acceptors (Lipinski definition) is 7. The molecule has 0 aromatic heterocycles. The highest BCUT2D eigenvalue weighted by Gasteiger charge is 2.23. The summed E-state index contributed by atoms with van der Waals surface area (Å²) in [7, 11) is 0. The minimum absolute atomic E-state index is 0.0500. The zero-order valence-electron chi connectivity index (χ0n) is 21.1. The van der Waals surface area contributed by atoms with Crippen LogP contribution in [-0.2, 0) is 23.8 Å². The monoisotopic (exact) mass is 484 g/mol. The average molecular weight is 485 g/mol. The van der Waals surface area contributed by atoms with E-state index in [1.165, 1.54) is 13.0 Å². The molecule has 0 bridgehead atoms. The van der Waals surface area contributed by atoms with Gasteiger partial charge in [0.2, 0.25) is 0 Å². The van der Waals surface area contributed by atoms with Crippen LogP contribution in [0, 0.1) is 11.3 Å². The molecule has 3 atom stereocenters. The number of rotatable bonds is 15. The van der Waals surface area contributed by atoms with Gasteiger partial charge in [0, 0.05) is 31.2 Å². The smallest absolute Gasteiger partial charge is 0.407 e. The van der Waals surface area contributed by atoms with Crippen LogP contribution in [-0.4, -0.2) is 61.1 Å². The minimum atomic E-state index is -0.998. The van der Waals surface area contributed by atoms with Crippen molar-refractivity contribution in [2.45, 2.75) is 73.0 Å². The number of carbonyl (C=O) groups excluding carboxylic acids is 3. The summed E-state index contributed by atoms with van der Waals surface area (Å²) < 4.78 is 15.2. The second-order valence-corrected chi connectivity index (χ2v) is 9.24. The Kier molecular flexibility index (Phi) is 14.3. The third kappa shape index (κ3) is 15.7. The van der Waals surface area contributed by atoms with E-state index in [1.807, 2.05) is 13.8 Å². The van der Waals surface area contributed by atoms with Gasteiger partial charge >= 0.3 is 24.1 Å². The van der Waals surface area contributed by atoms with E-state index in [-0.39, 0.29) is 23.5 Å². The summed E-state index contributed by atoms with van der Waals surface area (Å²) >= 11 is 0. The zero-order valence-corrected chi connectivity index (χ0v) is 21.1. The predicted octanol–water partition coefficient (Wildman–Crippen LogP) is 3.81. The Balaban J connectivity index is 4.20. The molecule has 3 unspecified atom stereocenters. The van der Waals surface area contributed by atoms with E-state index in [9.17, 15) is 19.2 Å². The van der Waals surface area contributed by atoms with Gasteiger partial charge in [0.15, 0.2) is 0 Å². The topological polar surface area (TPSA) is 140 Å². The van der Waals surface area contributed by atoms with Crippen LogP contribution in [0.5, 0.6) is 0 Å². The number of carbonyl (C=O) groups is 4. The van der Waals surface area contributed by atoms with Gasteiger partial charge in [-0.2, -0.15) is 0 Å². The Morgan fingerprint density at radius 2 is 1.62 bits per heavy atom. The third-order valence-electron chi connectivity index (χ3n) is 4.86. The number of esters is 1. The molecule has 0 heterocycles. The number of carboxylic acids is 1. The molecule has 0 aromatic carbocycles. The van der Waals surface area contributed by atoms with Gasteiger partial charge in [-0.3, -0.25) is 0 Å². The highest BCUT2D eigenvalue weighted by atomic mass is 16.6. The fraction of sp³-hybridized carbons (Fsp3) is 0.667. The lowest BCUT2D eigenvalue weighted by Gasteiger charge is -2.28. The van der Waals surface area contributed by atoms with Crippen molar-refractivity contribution in [2.75, 3.05) is 19.7 Å². The van der Waals surface area contributed by atoms with Crippen LogP contribution >= 0.6 is 0 Å². The molecule has 0 rings (SSSR count). The Morgan fingerprint density at radius 3 is 2.21 bits per heavy atom. The Bertz CT molecular complexity index is 732. The molecule has 0 saturated carbocycles. The maximum atomic E-state index is 12.0. The molecule has 0 fully saturated rings. The van der Waals surface area contributed by atoms with Gasteiger partial charge in [0.1, 0.15) is 18.8 Å². The first kappa shape index (κ1) is 31.0. The molecular formula is C24H40N2O8. The summed E-state index contributed by atoms with van der Waals surface area (Å²) in [6.07, 6.45) is 2.25. The Labute approximate surface area is 202 Å². The van der Waals surface area contributed by atoms with Gasteiger partial charge in [0.05, 0.1) is 0 Å². The molecule has 0 saturated heterocycles. The lowest BCUT2D eigenvalue weighted by Crippen LogP contribution is -2.37. The van der Waals surface area contributed by atoms with Gasteiger partial charge in [-0.05, 0) is 44.9 Å². The van der Waals surface area contributed by atoms with Crippen molar-refractivity contribution in [1.82, 2.24) is 10.6 Å². The van der Waals surface area contributed by atoms with Crippen molar-refractivity contribution in [2.24, 2.45) is 11.3 Å². The fourth-order valence-electron chi connectivity index (χ4n) is 3.07. The molecule has 10 nitrogen and oxygen atoms in total. The molecule has 0 aliphatic rings. The predicted molar refractivity (Wildman–Crippen MR) is 127 cm³/mol. The fourth-order valence-corrected chi connectivity index (χ4v) is 3.07. The van der Waals surface area contributed by atoms with E-state index < -0.39 is 36.3 Å². The van der Waals surface area contributed by atoms with Crippen LogP contribution in [0.3, 0.4) is 0 Å². The van der Waals surface area contributed by atoms with Crippen LogP contribution in [0.2, 0.25) is 0 Å². The van der Waals surface area contributed by atoms with Crippen LogP contribution in [0.15, 0.2) is 24.3 Å². The number of ether oxygens (including phenoxy) is 3. The van der Waals surface area contributed by atoms with Crippen molar-refractivity contribution in [3.8, 4) is 0 Å². The molecule has 0 aliphatic heterocycles. The van der Waals surface area contributed by atoms with Crippen molar-refractivity contribution in [1.29, 1.82) is 0 Å². The van der Waals surface area contributed by atoms with Gasteiger partial charge in [-0.25, -0.2) is 19.2 Å². The average Bonchev–Trinajstić information content (AvgIpc) is 2.73. The maximum Gasteiger partial charge on any atom is 0.407 e. The molecule has 0 radical (unpaired) electrons. The van der Waals surface area contributed by atoms with Crippen molar-refractivity contribution < 1.29 is 38.5 Å². The molecule has 2 amide bonds.